The van der Waals surface area contributed by atoms with Gasteiger partial charge in [-0.25, -0.2) is 10.1 Å². The number of benzene rings is 1. The number of morpholine rings is 1. The number of nitrogens with zero attached hydrogens (tertiary/aromatic N) is 7. The molecule has 0 radical (unpaired) electrons. The molecule has 15 nitrogen and oxygen atoms in total. The van der Waals surface area contributed by atoms with Crippen molar-refractivity contribution in [1.82, 2.24) is 35.6 Å². The van der Waals surface area contributed by atoms with Crippen molar-refractivity contribution in [3.05, 3.63) is 41.2 Å². The molecule has 0 spiro atoms. The fourth-order valence-corrected chi connectivity index (χ4v) is 3.13. The summed E-state index contributed by atoms with van der Waals surface area (Å²) in [5.41, 5.74) is 14.5. The Bertz CT molecular complexity index is 1170. The maximum absolute atomic E-state index is 13.0. The average Bonchev–Trinajstić information content (AvgIpc) is 3.44. The maximum atomic E-state index is 13.0. The summed E-state index contributed by atoms with van der Waals surface area (Å²) in [4.78, 5) is 25.9. The molecule has 5 N–H and O–H groups in total. The van der Waals surface area contributed by atoms with E-state index in [0.717, 1.165) is 4.68 Å². The third-order valence-corrected chi connectivity index (χ3v) is 4.77. The van der Waals surface area contributed by atoms with Gasteiger partial charge in [-0.1, -0.05) is 5.21 Å². The lowest BCUT2D eigenvalue weighted by Gasteiger charge is -2.25. The van der Waals surface area contributed by atoms with Crippen molar-refractivity contribution in [2.75, 3.05) is 38.6 Å². The Hall–Kier alpha value is -4.37. The van der Waals surface area contributed by atoms with Crippen LogP contribution in [-0.2, 0) is 16.1 Å². The molecule has 178 valence electrons. The molecule has 1 aromatic carbocycles. The van der Waals surface area contributed by atoms with Gasteiger partial charge in [-0.05, 0) is 40.1 Å². The molecule has 0 bridgehead atoms. The van der Waals surface area contributed by atoms with Gasteiger partial charge >= 0.3 is 0 Å². The second kappa shape index (κ2) is 10.5. The largest absolute Gasteiger partial charge is 0.484 e. The zero-order valence-corrected chi connectivity index (χ0v) is 18.0. The second-order valence-corrected chi connectivity index (χ2v) is 7.18. The summed E-state index contributed by atoms with van der Waals surface area (Å²) in [5, 5.41) is 19.4. The Balaban J connectivity index is 1.49. The Morgan fingerprint density at radius 2 is 1.97 bits per heavy atom. The first-order valence-electron chi connectivity index (χ1n) is 10.2. The molecular weight excluding hydrogens is 448 g/mol. The monoisotopic (exact) mass is 470 g/mol. The number of nitrogens with one attached hydrogen (secondary N) is 1. The number of carbonyl (C=O) groups is 2. The molecule has 3 aromatic rings. The van der Waals surface area contributed by atoms with Crippen LogP contribution in [0.3, 0.4) is 0 Å². The summed E-state index contributed by atoms with van der Waals surface area (Å²) in [6, 6.07) is 6.69. The number of amides is 2. The van der Waals surface area contributed by atoms with E-state index >= 15 is 0 Å². The van der Waals surface area contributed by atoms with Crippen molar-refractivity contribution in [1.29, 1.82) is 0 Å². The zero-order chi connectivity index (χ0) is 23.9. The standard InChI is InChI=1S/C19H22N10O5/c20-15(30)11-33-13-3-1-12(2-4-13)9-22-24-19(31)16-14(10-28-5-7-32-8-6-28)23-27-29(16)18-17(21)25-34-26-18/h1-4,9H,5-8,10-11H2,(H2,20,30)(H2,21,25)(H,24,31)/b22-9+. The lowest BCUT2D eigenvalue weighted by Crippen LogP contribution is -2.36. The fourth-order valence-electron chi connectivity index (χ4n) is 3.13. The predicted molar refractivity (Wildman–Crippen MR) is 116 cm³/mol. The van der Waals surface area contributed by atoms with Crippen LogP contribution in [0.15, 0.2) is 34.0 Å². The number of nitrogen functional groups attached to an aromatic ring is 1. The van der Waals surface area contributed by atoms with E-state index in [9.17, 15) is 9.59 Å². The van der Waals surface area contributed by atoms with E-state index in [-0.39, 0.29) is 23.9 Å². The number of hydrazone groups is 1. The number of aromatic nitrogens is 5. The maximum Gasteiger partial charge on any atom is 0.292 e. The molecule has 15 heteroatoms. The summed E-state index contributed by atoms with van der Waals surface area (Å²) in [6.07, 6.45) is 1.44. The topological polar surface area (TPSA) is 202 Å². The van der Waals surface area contributed by atoms with Crippen LogP contribution in [0.2, 0.25) is 0 Å². The van der Waals surface area contributed by atoms with Crippen LogP contribution in [0.5, 0.6) is 5.75 Å². The zero-order valence-electron chi connectivity index (χ0n) is 18.0. The summed E-state index contributed by atoms with van der Waals surface area (Å²) in [5.74, 6) is -0.673. The first kappa shape index (κ1) is 22.8. The molecule has 1 saturated heterocycles. The van der Waals surface area contributed by atoms with Gasteiger partial charge < -0.3 is 20.9 Å². The smallest absolute Gasteiger partial charge is 0.292 e. The number of hydrogen-bond donors (Lipinski definition) is 3. The average molecular weight is 470 g/mol. The van der Waals surface area contributed by atoms with Gasteiger partial charge in [0.05, 0.1) is 19.4 Å². The number of rotatable bonds is 9. The van der Waals surface area contributed by atoms with Crippen LogP contribution in [0.4, 0.5) is 5.82 Å². The van der Waals surface area contributed by atoms with Crippen molar-refractivity contribution < 1.29 is 23.7 Å². The summed E-state index contributed by atoms with van der Waals surface area (Å²) in [7, 11) is 0. The van der Waals surface area contributed by atoms with E-state index in [1.54, 1.807) is 24.3 Å². The molecule has 0 atom stereocenters. The third kappa shape index (κ3) is 5.51. The minimum absolute atomic E-state index is 0.0426. The van der Waals surface area contributed by atoms with Gasteiger partial charge in [0.2, 0.25) is 11.6 Å². The Morgan fingerprint density at radius 1 is 1.21 bits per heavy atom. The molecule has 1 fully saturated rings. The second-order valence-electron chi connectivity index (χ2n) is 7.18. The molecule has 4 rings (SSSR count). The number of nitrogens with two attached hydrogens (primary N) is 2. The van der Waals surface area contributed by atoms with Gasteiger partial charge in [-0.2, -0.15) is 9.78 Å². The van der Waals surface area contributed by atoms with Crippen LogP contribution >= 0.6 is 0 Å². The highest BCUT2D eigenvalue weighted by atomic mass is 16.6. The summed E-state index contributed by atoms with van der Waals surface area (Å²) in [6.45, 7) is 2.72. The van der Waals surface area contributed by atoms with Gasteiger partial charge in [0, 0.05) is 19.6 Å². The molecule has 3 heterocycles. The van der Waals surface area contributed by atoms with E-state index in [2.05, 4.69) is 40.7 Å². The normalized spacial score (nSPS) is 14.4. The molecule has 0 unspecified atom stereocenters. The van der Waals surface area contributed by atoms with E-state index in [0.29, 0.717) is 49.9 Å². The van der Waals surface area contributed by atoms with Gasteiger partial charge in [-0.3, -0.25) is 14.5 Å². The number of ether oxygens (including phenoxy) is 2. The highest BCUT2D eigenvalue weighted by Gasteiger charge is 2.26. The molecule has 34 heavy (non-hydrogen) atoms. The quantitative estimate of drug-likeness (QED) is 0.247. The van der Waals surface area contributed by atoms with Gasteiger partial charge in [0.25, 0.3) is 11.8 Å². The van der Waals surface area contributed by atoms with Gasteiger partial charge in [-0.15, -0.1) is 5.10 Å². The molecule has 1 aliphatic heterocycles. The Labute approximate surface area is 192 Å². The fraction of sp³-hybridized carbons (Fsp3) is 0.316. The SMILES string of the molecule is NC(=O)COc1ccc(/C=N/NC(=O)c2c(CN3CCOCC3)nnn2-c2nonc2N)cc1. The van der Waals surface area contributed by atoms with E-state index in [4.69, 9.17) is 20.9 Å². The minimum atomic E-state index is -0.576. The molecule has 2 aromatic heterocycles. The Morgan fingerprint density at radius 3 is 2.65 bits per heavy atom. The van der Waals surface area contributed by atoms with Crippen molar-refractivity contribution >= 4 is 23.8 Å². The molecule has 1 aliphatic rings. The van der Waals surface area contributed by atoms with Gasteiger partial charge in [0.15, 0.2) is 12.3 Å². The molecule has 0 saturated carbocycles. The van der Waals surface area contributed by atoms with E-state index in [1.165, 1.54) is 6.21 Å². The number of primary amides is 1. The van der Waals surface area contributed by atoms with Crippen LogP contribution in [0.25, 0.3) is 5.82 Å². The first-order chi connectivity index (χ1) is 16.5. The Kier molecular flexibility index (Phi) is 7.04. The van der Waals surface area contributed by atoms with Crippen LogP contribution < -0.4 is 21.6 Å². The van der Waals surface area contributed by atoms with Crippen molar-refractivity contribution in [3.8, 4) is 11.6 Å². The van der Waals surface area contributed by atoms with Crippen molar-refractivity contribution in [2.24, 2.45) is 10.8 Å². The number of anilines is 1. The third-order valence-electron chi connectivity index (χ3n) is 4.77. The minimum Gasteiger partial charge on any atom is -0.484 e. The van der Waals surface area contributed by atoms with Crippen molar-refractivity contribution in [3.63, 3.8) is 0 Å². The summed E-state index contributed by atoms with van der Waals surface area (Å²) < 4.78 is 16.4. The lowest BCUT2D eigenvalue weighted by atomic mass is 10.2. The van der Waals surface area contributed by atoms with Crippen LogP contribution in [-0.4, -0.2) is 81.1 Å². The predicted octanol–water partition coefficient (Wildman–Crippen LogP) is -1.31. The lowest BCUT2D eigenvalue weighted by molar-refractivity contribution is -0.119. The van der Waals surface area contributed by atoms with Crippen molar-refractivity contribution in [2.45, 2.75) is 6.54 Å². The number of carbonyl (C=O) groups excluding carboxylic acids is 2. The van der Waals surface area contributed by atoms with E-state index in [1.807, 2.05) is 0 Å². The highest BCUT2D eigenvalue weighted by Crippen LogP contribution is 2.17. The van der Waals surface area contributed by atoms with Crippen LogP contribution in [0.1, 0.15) is 21.7 Å². The van der Waals surface area contributed by atoms with E-state index < -0.39 is 11.8 Å². The molecular formula is C19H22N10O5. The van der Waals surface area contributed by atoms with Gasteiger partial charge in [0.1, 0.15) is 11.4 Å². The molecule has 2 amide bonds. The highest BCUT2D eigenvalue weighted by molar-refractivity contribution is 5.95. The first-order valence-corrected chi connectivity index (χ1v) is 10.2. The molecule has 0 aliphatic carbocycles. The summed E-state index contributed by atoms with van der Waals surface area (Å²) >= 11 is 0. The number of hydrogen-bond acceptors (Lipinski definition) is 12. The van der Waals surface area contributed by atoms with Crippen LogP contribution in [0, 0.1) is 0 Å².